The predicted octanol–water partition coefficient (Wildman–Crippen LogP) is 0.746. The minimum Gasteiger partial charge on any atom is -0.378 e. The van der Waals surface area contributed by atoms with E-state index in [1.54, 1.807) is 0 Å². The highest BCUT2D eigenvalue weighted by Gasteiger charge is 2.04. The van der Waals surface area contributed by atoms with Crippen molar-refractivity contribution >= 4 is 0 Å². The second-order valence-electron chi connectivity index (χ2n) is 2.40. The zero-order valence-electron chi connectivity index (χ0n) is 6.49. The molecule has 0 radical (unpaired) electrons. The van der Waals surface area contributed by atoms with Crippen molar-refractivity contribution in [1.82, 2.24) is 4.90 Å². The van der Waals surface area contributed by atoms with Gasteiger partial charge in [0, 0.05) is 13.1 Å². The van der Waals surface area contributed by atoms with Gasteiger partial charge in [0.1, 0.15) is 0 Å². The number of nitrogens with zero attached hydrogens (tertiary/aromatic N) is 2. The molecule has 3 nitrogen and oxygen atoms in total. The molecule has 1 saturated heterocycles. The molecule has 3 heteroatoms. The van der Waals surface area contributed by atoms with Crippen molar-refractivity contribution in [3.63, 3.8) is 0 Å². The van der Waals surface area contributed by atoms with Crippen LogP contribution in [0.2, 0.25) is 0 Å². The second-order valence-corrected chi connectivity index (χ2v) is 2.40. The quantitative estimate of drug-likeness (QED) is 0.585. The molecule has 1 heterocycles. The van der Waals surface area contributed by atoms with E-state index in [0.29, 0.717) is 6.42 Å². The predicted molar refractivity (Wildman–Crippen MR) is 41.8 cm³/mol. The Balaban J connectivity index is 2.19. The molecule has 1 fully saturated rings. The number of allylic oxidation sites excluding steroid dienone is 1. The first-order valence-corrected chi connectivity index (χ1v) is 3.79. The molecule has 60 valence electrons. The molecule has 0 saturated carbocycles. The van der Waals surface area contributed by atoms with Gasteiger partial charge in [0.25, 0.3) is 0 Å². The highest BCUT2D eigenvalue weighted by Crippen LogP contribution is 1.97. The molecule has 1 aliphatic rings. The molecular weight excluding hydrogens is 140 g/mol. The molecule has 1 rings (SSSR count). The summed E-state index contributed by atoms with van der Waals surface area (Å²) < 4.78 is 5.17. The van der Waals surface area contributed by atoms with Crippen LogP contribution in [0.1, 0.15) is 6.42 Å². The van der Waals surface area contributed by atoms with Gasteiger partial charge in [-0.2, -0.15) is 5.26 Å². The lowest BCUT2D eigenvalue weighted by Gasteiger charge is -2.24. The Kier molecular flexibility index (Phi) is 3.49. The van der Waals surface area contributed by atoms with Gasteiger partial charge in [-0.3, -0.25) is 0 Å². The largest absolute Gasteiger partial charge is 0.378 e. The van der Waals surface area contributed by atoms with Crippen LogP contribution in [0.25, 0.3) is 0 Å². The topological polar surface area (TPSA) is 36.3 Å². The normalized spacial score (nSPS) is 18.6. The Bertz CT molecular complexity index is 165. The molecule has 0 atom stereocenters. The average Bonchev–Trinajstić information content (AvgIpc) is 2.07. The van der Waals surface area contributed by atoms with E-state index in [1.165, 1.54) is 0 Å². The Morgan fingerprint density at radius 3 is 2.82 bits per heavy atom. The number of hydrogen-bond donors (Lipinski definition) is 0. The molecule has 0 unspecified atom stereocenters. The molecule has 0 bridgehead atoms. The SMILES string of the molecule is N#CCC=CN1CCOCC1. The van der Waals surface area contributed by atoms with Gasteiger partial charge in [-0.1, -0.05) is 6.08 Å². The van der Waals surface area contributed by atoms with E-state index in [4.69, 9.17) is 10.00 Å². The number of hydrogen-bond acceptors (Lipinski definition) is 3. The third-order valence-electron chi connectivity index (χ3n) is 1.57. The molecule has 0 aromatic carbocycles. The lowest BCUT2D eigenvalue weighted by Crippen LogP contribution is -2.31. The van der Waals surface area contributed by atoms with Crippen molar-refractivity contribution in [1.29, 1.82) is 5.26 Å². The first-order valence-electron chi connectivity index (χ1n) is 3.79. The minimum atomic E-state index is 0.497. The van der Waals surface area contributed by atoms with Gasteiger partial charge in [0.2, 0.25) is 0 Å². The summed E-state index contributed by atoms with van der Waals surface area (Å²) in [6.45, 7) is 3.50. The molecule has 0 aromatic heterocycles. The highest BCUT2D eigenvalue weighted by molar-refractivity contribution is 4.90. The molecule has 0 N–H and O–H groups in total. The molecule has 1 aliphatic heterocycles. The molecule has 11 heavy (non-hydrogen) atoms. The maximum atomic E-state index is 8.25. The average molecular weight is 152 g/mol. The van der Waals surface area contributed by atoms with Crippen LogP contribution in [-0.2, 0) is 4.74 Å². The van der Waals surface area contributed by atoms with Crippen LogP contribution >= 0.6 is 0 Å². The minimum absolute atomic E-state index is 0.497. The van der Waals surface area contributed by atoms with E-state index >= 15 is 0 Å². The number of morpholine rings is 1. The van der Waals surface area contributed by atoms with Crippen LogP contribution in [0.15, 0.2) is 12.3 Å². The maximum absolute atomic E-state index is 8.25. The fourth-order valence-electron chi connectivity index (χ4n) is 0.981. The first kappa shape index (κ1) is 8.09. The Labute approximate surface area is 66.9 Å². The van der Waals surface area contributed by atoms with Crippen LogP contribution < -0.4 is 0 Å². The Morgan fingerprint density at radius 1 is 1.45 bits per heavy atom. The van der Waals surface area contributed by atoms with Crippen molar-refractivity contribution in [3.8, 4) is 6.07 Å². The summed E-state index contributed by atoms with van der Waals surface area (Å²) in [6.07, 6.45) is 4.36. The summed E-state index contributed by atoms with van der Waals surface area (Å²) in [4.78, 5) is 2.17. The summed E-state index contributed by atoms with van der Waals surface area (Å²) in [7, 11) is 0. The summed E-state index contributed by atoms with van der Waals surface area (Å²) in [5.41, 5.74) is 0. The fraction of sp³-hybridized carbons (Fsp3) is 0.625. The van der Waals surface area contributed by atoms with Gasteiger partial charge in [-0.25, -0.2) is 0 Å². The van der Waals surface area contributed by atoms with E-state index in [-0.39, 0.29) is 0 Å². The number of nitriles is 1. The zero-order chi connectivity index (χ0) is 7.94. The standard InChI is InChI=1S/C8H12N2O/c9-3-1-2-4-10-5-7-11-8-6-10/h2,4H,1,5-8H2. The summed E-state index contributed by atoms with van der Waals surface area (Å²) in [5.74, 6) is 0. The van der Waals surface area contributed by atoms with Crippen LogP contribution in [0.4, 0.5) is 0 Å². The van der Waals surface area contributed by atoms with Crippen molar-refractivity contribution in [2.75, 3.05) is 26.3 Å². The Hall–Kier alpha value is -1.01. The zero-order valence-corrected chi connectivity index (χ0v) is 6.49. The van der Waals surface area contributed by atoms with Gasteiger partial charge >= 0.3 is 0 Å². The summed E-state index contributed by atoms with van der Waals surface area (Å²) >= 11 is 0. The highest BCUT2D eigenvalue weighted by atomic mass is 16.5. The van der Waals surface area contributed by atoms with E-state index in [9.17, 15) is 0 Å². The van der Waals surface area contributed by atoms with Gasteiger partial charge in [0.15, 0.2) is 0 Å². The third kappa shape index (κ3) is 3.06. The number of rotatable bonds is 2. The molecular formula is C8H12N2O. The van der Waals surface area contributed by atoms with Crippen LogP contribution in [0, 0.1) is 11.3 Å². The van der Waals surface area contributed by atoms with Gasteiger partial charge in [-0.05, 0) is 6.20 Å². The summed E-state index contributed by atoms with van der Waals surface area (Å²) in [5, 5.41) is 8.25. The van der Waals surface area contributed by atoms with Gasteiger partial charge in [-0.15, -0.1) is 0 Å². The Morgan fingerprint density at radius 2 is 2.18 bits per heavy atom. The molecule has 0 aliphatic carbocycles. The smallest absolute Gasteiger partial charge is 0.0663 e. The second kappa shape index (κ2) is 4.75. The van der Waals surface area contributed by atoms with Crippen LogP contribution in [0.5, 0.6) is 0 Å². The van der Waals surface area contributed by atoms with Gasteiger partial charge in [0.05, 0.1) is 25.7 Å². The van der Waals surface area contributed by atoms with E-state index < -0.39 is 0 Å². The maximum Gasteiger partial charge on any atom is 0.0663 e. The van der Waals surface area contributed by atoms with Gasteiger partial charge < -0.3 is 9.64 Å². The van der Waals surface area contributed by atoms with E-state index in [0.717, 1.165) is 26.3 Å². The lowest BCUT2D eigenvalue weighted by molar-refractivity contribution is 0.0593. The monoisotopic (exact) mass is 152 g/mol. The molecule has 0 spiro atoms. The van der Waals surface area contributed by atoms with Crippen LogP contribution in [0.3, 0.4) is 0 Å². The molecule has 0 amide bonds. The van der Waals surface area contributed by atoms with Crippen molar-refractivity contribution in [3.05, 3.63) is 12.3 Å². The first-order chi connectivity index (χ1) is 5.43. The third-order valence-corrected chi connectivity index (χ3v) is 1.57. The fourth-order valence-corrected chi connectivity index (χ4v) is 0.981. The lowest BCUT2D eigenvalue weighted by atomic mass is 10.4. The van der Waals surface area contributed by atoms with Crippen molar-refractivity contribution < 1.29 is 4.74 Å². The van der Waals surface area contributed by atoms with Crippen molar-refractivity contribution in [2.45, 2.75) is 6.42 Å². The van der Waals surface area contributed by atoms with E-state index in [2.05, 4.69) is 11.0 Å². The van der Waals surface area contributed by atoms with Crippen molar-refractivity contribution in [2.24, 2.45) is 0 Å². The van der Waals surface area contributed by atoms with Crippen LogP contribution in [-0.4, -0.2) is 31.2 Å². The summed E-state index contributed by atoms with van der Waals surface area (Å²) in [6, 6.07) is 2.06. The molecule has 0 aromatic rings. The van der Waals surface area contributed by atoms with E-state index in [1.807, 2.05) is 12.3 Å². The number of ether oxygens (including phenoxy) is 1.